The lowest BCUT2D eigenvalue weighted by Gasteiger charge is -2.18. The van der Waals surface area contributed by atoms with E-state index in [2.05, 4.69) is 10.1 Å². The van der Waals surface area contributed by atoms with E-state index in [1.54, 1.807) is 48.5 Å². The molecule has 1 amide bonds. The Morgan fingerprint density at radius 3 is 2.38 bits per heavy atom. The van der Waals surface area contributed by atoms with E-state index in [9.17, 15) is 18.0 Å². The SMILES string of the molecule is COC(=O)c1ccc(CNC(=O)CN2c3cccc4cccc(c34)S2(=O)=O)cc1. The zero-order chi connectivity index (χ0) is 20.6. The van der Waals surface area contributed by atoms with Gasteiger partial charge in [-0.2, -0.15) is 0 Å². The fraction of sp³-hybridized carbons (Fsp3) is 0.143. The topological polar surface area (TPSA) is 92.8 Å². The van der Waals surface area contributed by atoms with Crippen molar-refractivity contribution in [3.63, 3.8) is 0 Å². The van der Waals surface area contributed by atoms with Crippen LogP contribution in [-0.2, 0) is 26.1 Å². The molecule has 0 spiro atoms. The van der Waals surface area contributed by atoms with Crippen LogP contribution in [0.4, 0.5) is 5.69 Å². The number of nitrogens with zero attached hydrogens (tertiary/aromatic N) is 1. The number of amides is 1. The molecule has 7 nitrogen and oxygen atoms in total. The maximum atomic E-state index is 12.9. The summed E-state index contributed by atoms with van der Waals surface area (Å²) in [5.41, 5.74) is 1.70. The Kier molecular flexibility index (Phi) is 4.71. The van der Waals surface area contributed by atoms with Gasteiger partial charge in [0.2, 0.25) is 5.91 Å². The lowest BCUT2D eigenvalue weighted by atomic mass is 10.1. The molecular formula is C21H18N2O5S. The van der Waals surface area contributed by atoms with Crippen molar-refractivity contribution in [3.8, 4) is 0 Å². The molecular weight excluding hydrogens is 392 g/mol. The van der Waals surface area contributed by atoms with Crippen molar-refractivity contribution in [3.05, 3.63) is 71.8 Å². The van der Waals surface area contributed by atoms with Crippen LogP contribution in [0.2, 0.25) is 0 Å². The highest BCUT2D eigenvalue weighted by Gasteiger charge is 2.36. The summed E-state index contributed by atoms with van der Waals surface area (Å²) in [6.07, 6.45) is 0. The fourth-order valence-corrected chi connectivity index (χ4v) is 5.06. The number of benzene rings is 3. The Morgan fingerprint density at radius 1 is 1.00 bits per heavy atom. The summed E-state index contributed by atoms with van der Waals surface area (Å²) >= 11 is 0. The highest BCUT2D eigenvalue weighted by Crippen LogP contribution is 2.41. The van der Waals surface area contributed by atoms with E-state index in [0.717, 1.165) is 15.3 Å². The highest BCUT2D eigenvalue weighted by atomic mass is 32.2. The summed E-state index contributed by atoms with van der Waals surface area (Å²) < 4.78 is 31.6. The number of ether oxygens (including phenoxy) is 1. The van der Waals surface area contributed by atoms with Crippen molar-refractivity contribution in [2.45, 2.75) is 11.4 Å². The first kappa shape index (κ1) is 18.9. The molecule has 1 aliphatic rings. The number of rotatable bonds is 5. The largest absolute Gasteiger partial charge is 0.465 e. The number of sulfonamides is 1. The smallest absolute Gasteiger partial charge is 0.337 e. The van der Waals surface area contributed by atoms with Crippen molar-refractivity contribution < 1.29 is 22.7 Å². The molecule has 29 heavy (non-hydrogen) atoms. The average Bonchev–Trinajstić information content (AvgIpc) is 2.95. The molecule has 0 fully saturated rings. The number of hydrogen-bond acceptors (Lipinski definition) is 5. The Bertz CT molecular complexity index is 1210. The molecule has 0 radical (unpaired) electrons. The van der Waals surface area contributed by atoms with Crippen LogP contribution >= 0.6 is 0 Å². The number of hydrogen-bond donors (Lipinski definition) is 1. The van der Waals surface area contributed by atoms with Crippen molar-refractivity contribution in [2.75, 3.05) is 18.0 Å². The second-order valence-corrected chi connectivity index (χ2v) is 8.44. The monoisotopic (exact) mass is 410 g/mol. The van der Waals surface area contributed by atoms with Crippen molar-refractivity contribution >= 4 is 38.4 Å². The van der Waals surface area contributed by atoms with Crippen LogP contribution in [0.15, 0.2) is 65.6 Å². The maximum Gasteiger partial charge on any atom is 0.337 e. The van der Waals surface area contributed by atoms with Gasteiger partial charge in [0.15, 0.2) is 0 Å². The lowest BCUT2D eigenvalue weighted by Crippen LogP contribution is -2.38. The molecule has 3 aromatic carbocycles. The molecule has 0 unspecified atom stereocenters. The predicted molar refractivity (Wildman–Crippen MR) is 108 cm³/mol. The third-order valence-corrected chi connectivity index (χ3v) is 6.64. The van der Waals surface area contributed by atoms with Crippen LogP contribution < -0.4 is 9.62 Å². The summed E-state index contributed by atoms with van der Waals surface area (Å²) in [5, 5.41) is 4.18. The minimum atomic E-state index is -3.77. The first-order valence-corrected chi connectivity index (χ1v) is 10.3. The molecule has 0 atom stereocenters. The highest BCUT2D eigenvalue weighted by molar-refractivity contribution is 7.93. The summed E-state index contributed by atoms with van der Waals surface area (Å²) in [7, 11) is -2.47. The Labute approximate surface area is 167 Å². The summed E-state index contributed by atoms with van der Waals surface area (Å²) in [6, 6.07) is 17.0. The summed E-state index contributed by atoms with van der Waals surface area (Å²) in [6.45, 7) is -0.0955. The number of methoxy groups -OCH3 is 1. The van der Waals surface area contributed by atoms with E-state index in [1.807, 2.05) is 12.1 Å². The lowest BCUT2D eigenvalue weighted by molar-refractivity contribution is -0.119. The number of carbonyl (C=O) groups is 2. The second-order valence-electron chi connectivity index (χ2n) is 6.61. The quantitative estimate of drug-likeness (QED) is 0.652. The van der Waals surface area contributed by atoms with Crippen LogP contribution in [-0.4, -0.2) is 33.9 Å². The van der Waals surface area contributed by atoms with Gasteiger partial charge in [-0.1, -0.05) is 36.4 Å². The molecule has 3 aromatic rings. The van der Waals surface area contributed by atoms with E-state index in [1.165, 1.54) is 7.11 Å². The molecule has 1 N–H and O–H groups in total. The van der Waals surface area contributed by atoms with Gasteiger partial charge in [-0.15, -0.1) is 0 Å². The molecule has 0 saturated heterocycles. The van der Waals surface area contributed by atoms with E-state index in [-0.39, 0.29) is 18.0 Å². The van der Waals surface area contributed by atoms with Crippen molar-refractivity contribution in [1.82, 2.24) is 5.32 Å². The van der Waals surface area contributed by atoms with Crippen LogP contribution in [0.3, 0.4) is 0 Å². The minimum Gasteiger partial charge on any atom is -0.465 e. The number of anilines is 1. The van der Waals surface area contributed by atoms with E-state index < -0.39 is 21.9 Å². The molecule has 0 aliphatic carbocycles. The standard InChI is InChI=1S/C21H18N2O5S/c1-28-21(25)16-10-8-14(9-11-16)12-22-19(24)13-23-17-6-2-4-15-5-3-7-18(20(15)17)29(23,26)27/h2-11H,12-13H2,1H3,(H,22,24). The van der Waals surface area contributed by atoms with E-state index in [4.69, 9.17) is 0 Å². The van der Waals surface area contributed by atoms with Gasteiger partial charge in [-0.3, -0.25) is 9.10 Å². The number of esters is 1. The fourth-order valence-electron chi connectivity index (χ4n) is 3.39. The van der Waals surface area contributed by atoms with Crippen LogP contribution in [0, 0.1) is 0 Å². The summed E-state index contributed by atoms with van der Waals surface area (Å²) in [5.74, 6) is -0.857. The van der Waals surface area contributed by atoms with Gasteiger partial charge in [0, 0.05) is 11.9 Å². The second kappa shape index (κ2) is 7.21. The van der Waals surface area contributed by atoms with Gasteiger partial charge >= 0.3 is 5.97 Å². The minimum absolute atomic E-state index is 0.214. The molecule has 148 valence electrons. The van der Waals surface area contributed by atoms with Gasteiger partial charge in [-0.05, 0) is 35.2 Å². The van der Waals surface area contributed by atoms with Crippen molar-refractivity contribution in [1.29, 1.82) is 0 Å². The number of nitrogens with one attached hydrogen (secondary N) is 1. The Hall–Kier alpha value is -3.39. The zero-order valence-electron chi connectivity index (χ0n) is 15.6. The van der Waals surface area contributed by atoms with Gasteiger partial charge in [0.25, 0.3) is 10.0 Å². The first-order chi connectivity index (χ1) is 13.9. The van der Waals surface area contributed by atoms with E-state index in [0.29, 0.717) is 16.6 Å². The van der Waals surface area contributed by atoms with Crippen LogP contribution in [0.5, 0.6) is 0 Å². The molecule has 4 rings (SSSR count). The van der Waals surface area contributed by atoms with Crippen molar-refractivity contribution in [2.24, 2.45) is 0 Å². The predicted octanol–water partition coefficient (Wildman–Crippen LogP) is 2.45. The van der Waals surface area contributed by atoms with Crippen LogP contribution in [0.1, 0.15) is 15.9 Å². The third-order valence-electron chi connectivity index (χ3n) is 4.83. The van der Waals surface area contributed by atoms with Gasteiger partial charge in [0.1, 0.15) is 6.54 Å². The zero-order valence-corrected chi connectivity index (χ0v) is 16.4. The normalized spacial score (nSPS) is 14.0. The third kappa shape index (κ3) is 3.31. The summed E-state index contributed by atoms with van der Waals surface area (Å²) in [4.78, 5) is 24.1. The molecule has 0 bridgehead atoms. The van der Waals surface area contributed by atoms with Gasteiger partial charge in [0.05, 0.1) is 23.3 Å². The average molecular weight is 410 g/mol. The Morgan fingerprint density at radius 2 is 1.69 bits per heavy atom. The maximum absolute atomic E-state index is 12.9. The van der Waals surface area contributed by atoms with Gasteiger partial charge in [-0.25, -0.2) is 13.2 Å². The molecule has 0 saturated carbocycles. The van der Waals surface area contributed by atoms with Crippen LogP contribution in [0.25, 0.3) is 10.8 Å². The first-order valence-electron chi connectivity index (χ1n) is 8.90. The van der Waals surface area contributed by atoms with E-state index >= 15 is 0 Å². The molecule has 1 aliphatic heterocycles. The van der Waals surface area contributed by atoms with Gasteiger partial charge < -0.3 is 10.1 Å². The Balaban J connectivity index is 1.48. The molecule has 1 heterocycles. The molecule has 8 heteroatoms. The molecule has 0 aromatic heterocycles. The number of carbonyl (C=O) groups excluding carboxylic acids is 2.